The van der Waals surface area contributed by atoms with Crippen LogP contribution in [0.4, 0.5) is 0 Å². The van der Waals surface area contributed by atoms with Crippen LogP contribution in [0.1, 0.15) is 30.9 Å². The van der Waals surface area contributed by atoms with Crippen LogP contribution >= 0.6 is 0 Å². The molecule has 27 heavy (non-hydrogen) atoms. The van der Waals surface area contributed by atoms with Gasteiger partial charge in [-0.15, -0.1) is 0 Å². The molecule has 0 saturated heterocycles. The Labute approximate surface area is 154 Å². The molecule has 0 spiro atoms. The standard InChI is InChI=1S/C20H18O7/c1-8(21)14-13(23)7-11-6-10-5-9-3-2-4-12(22)15(9)17(24)16(10)19(26)20(11,27)18(14)25/h2-4,10-11,22,24-25,27H,5-7H2,1H3/t10-,11-,20+/m0/s1. The van der Waals surface area contributed by atoms with Crippen LogP contribution in [0.25, 0.3) is 5.76 Å². The molecule has 140 valence electrons. The number of Topliss-reactive ketones (excluding diaryl/α,β-unsaturated/α-hetero) is 3. The molecular formula is C20H18O7. The third kappa shape index (κ3) is 2.15. The van der Waals surface area contributed by atoms with E-state index in [9.17, 15) is 34.8 Å². The minimum atomic E-state index is -2.43. The number of carbonyl (C=O) groups is 3. The number of hydrogen-bond donors (Lipinski definition) is 4. The molecule has 1 aromatic carbocycles. The van der Waals surface area contributed by atoms with Gasteiger partial charge >= 0.3 is 0 Å². The third-order valence-electron chi connectivity index (χ3n) is 5.91. The molecule has 0 amide bonds. The van der Waals surface area contributed by atoms with E-state index in [4.69, 9.17) is 0 Å². The maximum absolute atomic E-state index is 13.2. The molecule has 0 bridgehead atoms. The van der Waals surface area contributed by atoms with Gasteiger partial charge in [0.15, 0.2) is 17.2 Å². The minimum Gasteiger partial charge on any atom is -0.508 e. The van der Waals surface area contributed by atoms with Crippen LogP contribution in [0.3, 0.4) is 0 Å². The first-order valence-electron chi connectivity index (χ1n) is 8.67. The summed E-state index contributed by atoms with van der Waals surface area (Å²) in [6.45, 7) is 1.08. The molecule has 1 saturated carbocycles. The normalized spacial score (nSPS) is 30.0. The smallest absolute Gasteiger partial charge is 0.202 e. The van der Waals surface area contributed by atoms with Gasteiger partial charge in [0, 0.05) is 17.9 Å². The van der Waals surface area contributed by atoms with Crippen molar-refractivity contribution in [2.24, 2.45) is 11.8 Å². The van der Waals surface area contributed by atoms with Crippen molar-refractivity contribution in [3.8, 4) is 5.75 Å². The van der Waals surface area contributed by atoms with Crippen molar-refractivity contribution in [1.82, 2.24) is 0 Å². The van der Waals surface area contributed by atoms with Gasteiger partial charge in [-0.1, -0.05) is 12.1 Å². The predicted octanol–water partition coefficient (Wildman–Crippen LogP) is 1.53. The Hall–Kier alpha value is -2.93. The predicted molar refractivity (Wildman–Crippen MR) is 92.9 cm³/mol. The number of phenolic OH excluding ortho intramolecular Hbond substituents is 1. The van der Waals surface area contributed by atoms with Gasteiger partial charge in [-0.3, -0.25) is 14.4 Å². The van der Waals surface area contributed by atoms with Crippen molar-refractivity contribution in [3.05, 3.63) is 46.2 Å². The fourth-order valence-electron chi connectivity index (χ4n) is 4.67. The second-order valence-electron chi connectivity index (χ2n) is 7.41. The number of phenols is 1. The van der Waals surface area contributed by atoms with E-state index < -0.39 is 51.9 Å². The summed E-state index contributed by atoms with van der Waals surface area (Å²) < 4.78 is 0. The maximum Gasteiger partial charge on any atom is 0.202 e. The minimum absolute atomic E-state index is 0.0912. The zero-order valence-electron chi connectivity index (χ0n) is 14.5. The van der Waals surface area contributed by atoms with Gasteiger partial charge in [0.05, 0.1) is 5.56 Å². The number of carbonyl (C=O) groups excluding carboxylic acids is 3. The first kappa shape index (κ1) is 17.5. The highest BCUT2D eigenvalue weighted by Gasteiger charge is 2.60. The molecule has 3 aliphatic carbocycles. The summed E-state index contributed by atoms with van der Waals surface area (Å²) in [6.07, 6.45) is 0.288. The molecule has 7 heteroatoms. The molecule has 4 rings (SSSR count). The summed E-state index contributed by atoms with van der Waals surface area (Å²) in [5.74, 6) is -5.19. The summed E-state index contributed by atoms with van der Waals surface area (Å²) in [7, 11) is 0. The number of ketones is 3. The van der Waals surface area contributed by atoms with E-state index in [0.717, 1.165) is 6.92 Å². The molecule has 3 atom stereocenters. The van der Waals surface area contributed by atoms with Crippen molar-refractivity contribution >= 4 is 23.1 Å². The van der Waals surface area contributed by atoms with Crippen molar-refractivity contribution in [3.63, 3.8) is 0 Å². The van der Waals surface area contributed by atoms with Gasteiger partial charge in [-0.25, -0.2) is 0 Å². The van der Waals surface area contributed by atoms with Gasteiger partial charge in [0.25, 0.3) is 0 Å². The molecule has 0 aliphatic heterocycles. The van der Waals surface area contributed by atoms with Gasteiger partial charge < -0.3 is 20.4 Å². The Morgan fingerprint density at radius 3 is 2.52 bits per heavy atom. The summed E-state index contributed by atoms with van der Waals surface area (Å²) in [5, 5.41) is 42.3. The first-order valence-corrected chi connectivity index (χ1v) is 8.67. The highest BCUT2D eigenvalue weighted by molar-refractivity contribution is 6.23. The van der Waals surface area contributed by atoms with E-state index in [1.165, 1.54) is 6.07 Å². The molecule has 7 nitrogen and oxygen atoms in total. The Morgan fingerprint density at radius 1 is 1.15 bits per heavy atom. The summed E-state index contributed by atoms with van der Waals surface area (Å²) >= 11 is 0. The van der Waals surface area contributed by atoms with E-state index in [1.807, 2.05) is 0 Å². The van der Waals surface area contributed by atoms with Crippen molar-refractivity contribution in [2.75, 3.05) is 0 Å². The molecule has 1 fully saturated rings. The van der Waals surface area contributed by atoms with E-state index in [0.29, 0.717) is 12.0 Å². The number of benzene rings is 1. The maximum atomic E-state index is 13.2. The third-order valence-corrected chi connectivity index (χ3v) is 5.91. The Bertz CT molecular complexity index is 984. The monoisotopic (exact) mass is 370 g/mol. The average Bonchev–Trinajstić information content (AvgIpc) is 2.57. The lowest BCUT2D eigenvalue weighted by Gasteiger charge is -2.46. The van der Waals surface area contributed by atoms with Crippen molar-refractivity contribution < 1.29 is 34.8 Å². The lowest BCUT2D eigenvalue weighted by Crippen LogP contribution is -2.57. The van der Waals surface area contributed by atoms with Crippen LogP contribution in [0, 0.1) is 11.8 Å². The van der Waals surface area contributed by atoms with E-state index in [2.05, 4.69) is 0 Å². The largest absolute Gasteiger partial charge is 0.508 e. The zero-order chi connectivity index (χ0) is 19.7. The Kier molecular flexibility index (Phi) is 3.58. The van der Waals surface area contributed by atoms with Crippen molar-refractivity contribution in [1.29, 1.82) is 0 Å². The fraction of sp³-hybridized carbons (Fsp3) is 0.350. The molecule has 0 heterocycles. The van der Waals surface area contributed by atoms with Crippen LogP contribution in [0.15, 0.2) is 35.1 Å². The highest BCUT2D eigenvalue weighted by atomic mass is 16.3. The molecule has 0 unspecified atom stereocenters. The molecule has 4 N–H and O–H groups in total. The second kappa shape index (κ2) is 5.53. The van der Waals surface area contributed by atoms with Gasteiger partial charge in [0.2, 0.25) is 5.78 Å². The van der Waals surface area contributed by atoms with Gasteiger partial charge in [-0.05, 0) is 37.3 Å². The molecule has 0 radical (unpaired) electrons. The number of aliphatic hydroxyl groups is 3. The van der Waals surface area contributed by atoms with Crippen molar-refractivity contribution in [2.45, 2.75) is 31.8 Å². The van der Waals surface area contributed by atoms with Crippen LogP contribution < -0.4 is 0 Å². The quantitative estimate of drug-likeness (QED) is 0.551. The number of aliphatic hydroxyl groups excluding tert-OH is 2. The number of rotatable bonds is 1. The summed E-state index contributed by atoms with van der Waals surface area (Å²) in [4.78, 5) is 37.2. The average molecular weight is 370 g/mol. The number of hydrogen-bond acceptors (Lipinski definition) is 7. The second-order valence-corrected chi connectivity index (χ2v) is 7.41. The lowest BCUT2D eigenvalue weighted by molar-refractivity contribution is -0.147. The van der Waals surface area contributed by atoms with E-state index >= 15 is 0 Å². The molecule has 0 aromatic heterocycles. The zero-order valence-corrected chi connectivity index (χ0v) is 14.5. The Balaban J connectivity index is 1.93. The highest BCUT2D eigenvalue weighted by Crippen LogP contribution is 2.51. The Morgan fingerprint density at radius 2 is 1.85 bits per heavy atom. The number of fused-ring (bicyclic) bond motifs is 3. The summed E-state index contributed by atoms with van der Waals surface area (Å²) in [5.41, 5.74) is -2.31. The van der Waals surface area contributed by atoms with Gasteiger partial charge in [0.1, 0.15) is 22.8 Å². The van der Waals surface area contributed by atoms with Crippen LogP contribution in [0.2, 0.25) is 0 Å². The van der Waals surface area contributed by atoms with Crippen LogP contribution in [-0.4, -0.2) is 43.4 Å². The summed E-state index contributed by atoms with van der Waals surface area (Å²) in [6, 6.07) is 4.74. The van der Waals surface area contributed by atoms with Gasteiger partial charge in [-0.2, -0.15) is 0 Å². The topological polar surface area (TPSA) is 132 Å². The fourth-order valence-corrected chi connectivity index (χ4v) is 4.67. The number of allylic oxidation sites excluding steroid dienone is 1. The molecule has 1 aromatic rings. The van der Waals surface area contributed by atoms with E-state index in [-0.39, 0.29) is 29.7 Å². The van der Waals surface area contributed by atoms with Crippen LogP contribution in [0.5, 0.6) is 5.75 Å². The van der Waals surface area contributed by atoms with Crippen LogP contribution in [-0.2, 0) is 20.8 Å². The molecular weight excluding hydrogens is 352 g/mol. The number of aromatic hydroxyl groups is 1. The first-order chi connectivity index (χ1) is 12.7. The SMILES string of the molecule is CC(=O)C1=C(O)[C@@]2(O)C(=O)C3=C(O)c4c(O)cccc4C[C@H]3C[C@H]2CC1=O. The lowest BCUT2D eigenvalue weighted by atomic mass is 9.59. The molecule has 3 aliphatic rings. The van der Waals surface area contributed by atoms with E-state index in [1.54, 1.807) is 12.1 Å².